The van der Waals surface area contributed by atoms with Gasteiger partial charge in [0, 0.05) is 13.7 Å². The molecule has 1 unspecified atom stereocenters. The monoisotopic (exact) mass is 245 g/mol. The maximum absolute atomic E-state index is 11.7. The number of aliphatic hydroxyl groups excluding tert-OH is 1. The average molecular weight is 245 g/mol. The number of halogens is 3. The van der Waals surface area contributed by atoms with Gasteiger partial charge in [0.1, 0.15) is 6.61 Å². The van der Waals surface area contributed by atoms with Crippen molar-refractivity contribution < 1.29 is 27.8 Å². The molecule has 0 aromatic carbocycles. The van der Waals surface area contributed by atoms with Crippen molar-refractivity contribution in [1.82, 2.24) is 5.32 Å². The zero-order valence-corrected chi connectivity index (χ0v) is 9.22. The lowest BCUT2D eigenvalue weighted by atomic mass is 10.3. The van der Waals surface area contributed by atoms with Gasteiger partial charge in [-0.05, 0) is 13.0 Å². The van der Waals surface area contributed by atoms with Crippen LogP contribution in [0.4, 0.5) is 13.2 Å². The normalized spacial score (nSPS) is 14.1. The molecule has 0 radical (unpaired) electrons. The number of hydrogen-bond acceptors (Lipinski definition) is 4. The zero-order chi connectivity index (χ0) is 12.4. The second-order valence-electron chi connectivity index (χ2n) is 3.31. The summed E-state index contributed by atoms with van der Waals surface area (Å²) in [6.07, 6.45) is -3.81. The van der Waals surface area contributed by atoms with Gasteiger partial charge in [-0.25, -0.2) is 0 Å². The predicted molar refractivity (Wildman–Crippen MR) is 52.2 cm³/mol. The summed E-state index contributed by atoms with van der Waals surface area (Å²) in [7, 11) is 1.51. The standard InChI is InChI=1S/C9H18F3NO3/c1-15-6-8(5-14)13-3-2-4-16-7-9(10,11)12/h8,13-14H,2-7H2,1H3. The van der Waals surface area contributed by atoms with E-state index < -0.39 is 12.8 Å². The van der Waals surface area contributed by atoms with Crippen molar-refractivity contribution in [1.29, 1.82) is 0 Å². The van der Waals surface area contributed by atoms with Crippen LogP contribution in [0.25, 0.3) is 0 Å². The number of methoxy groups -OCH3 is 1. The molecule has 0 bridgehead atoms. The summed E-state index contributed by atoms with van der Waals surface area (Å²) in [5, 5.41) is 11.8. The first-order chi connectivity index (χ1) is 7.49. The Morgan fingerprint density at radius 1 is 1.38 bits per heavy atom. The maximum atomic E-state index is 11.7. The van der Waals surface area contributed by atoms with Crippen molar-refractivity contribution in [3.8, 4) is 0 Å². The average Bonchev–Trinajstić information content (AvgIpc) is 2.20. The Bertz CT molecular complexity index is 167. The van der Waals surface area contributed by atoms with E-state index in [-0.39, 0.29) is 19.3 Å². The Labute approximate surface area is 92.7 Å². The lowest BCUT2D eigenvalue weighted by molar-refractivity contribution is -0.173. The van der Waals surface area contributed by atoms with Crippen molar-refractivity contribution >= 4 is 0 Å². The first-order valence-electron chi connectivity index (χ1n) is 4.97. The Balaban J connectivity index is 3.32. The minimum absolute atomic E-state index is 0.0393. The van der Waals surface area contributed by atoms with Gasteiger partial charge in [0.05, 0.1) is 19.3 Å². The van der Waals surface area contributed by atoms with Crippen LogP contribution >= 0.6 is 0 Å². The molecule has 2 N–H and O–H groups in total. The van der Waals surface area contributed by atoms with E-state index in [0.29, 0.717) is 19.6 Å². The molecule has 0 saturated carbocycles. The van der Waals surface area contributed by atoms with E-state index in [1.54, 1.807) is 0 Å². The molecule has 16 heavy (non-hydrogen) atoms. The van der Waals surface area contributed by atoms with Gasteiger partial charge in [0.25, 0.3) is 0 Å². The van der Waals surface area contributed by atoms with Crippen LogP contribution in [0, 0.1) is 0 Å². The molecule has 0 spiro atoms. The molecule has 0 aliphatic rings. The van der Waals surface area contributed by atoms with Crippen LogP contribution < -0.4 is 5.32 Å². The molecule has 1 atom stereocenters. The summed E-state index contributed by atoms with van der Waals surface area (Å²) in [4.78, 5) is 0. The lowest BCUT2D eigenvalue weighted by Crippen LogP contribution is -2.37. The smallest absolute Gasteiger partial charge is 0.395 e. The van der Waals surface area contributed by atoms with Gasteiger partial charge in [0.15, 0.2) is 0 Å². The molecule has 0 saturated heterocycles. The molecule has 0 aromatic heterocycles. The zero-order valence-electron chi connectivity index (χ0n) is 9.22. The molecule has 0 amide bonds. The van der Waals surface area contributed by atoms with Gasteiger partial charge in [-0.15, -0.1) is 0 Å². The van der Waals surface area contributed by atoms with Crippen molar-refractivity contribution in [3.05, 3.63) is 0 Å². The highest BCUT2D eigenvalue weighted by Gasteiger charge is 2.27. The van der Waals surface area contributed by atoms with Crippen LogP contribution in [0.5, 0.6) is 0 Å². The highest BCUT2D eigenvalue weighted by Crippen LogP contribution is 2.14. The Kier molecular flexibility index (Phi) is 8.54. The van der Waals surface area contributed by atoms with Gasteiger partial charge in [-0.3, -0.25) is 0 Å². The summed E-state index contributed by atoms with van der Waals surface area (Å²) < 4.78 is 44.2. The van der Waals surface area contributed by atoms with Gasteiger partial charge in [-0.2, -0.15) is 13.2 Å². The minimum Gasteiger partial charge on any atom is -0.395 e. The molecule has 0 aliphatic heterocycles. The number of nitrogens with one attached hydrogen (secondary N) is 1. The van der Waals surface area contributed by atoms with E-state index in [4.69, 9.17) is 9.84 Å². The number of rotatable bonds is 9. The van der Waals surface area contributed by atoms with Gasteiger partial charge < -0.3 is 19.9 Å². The summed E-state index contributed by atoms with van der Waals surface area (Å²) in [5.74, 6) is 0. The predicted octanol–water partition coefficient (Wildman–Crippen LogP) is 0.552. The topological polar surface area (TPSA) is 50.7 Å². The molecule has 0 fully saturated rings. The summed E-state index contributed by atoms with van der Waals surface area (Å²) >= 11 is 0. The van der Waals surface area contributed by atoms with Crippen molar-refractivity contribution in [2.75, 3.05) is 40.1 Å². The van der Waals surface area contributed by atoms with Crippen molar-refractivity contribution in [2.45, 2.75) is 18.6 Å². The number of alkyl halides is 3. The van der Waals surface area contributed by atoms with E-state index in [9.17, 15) is 13.2 Å². The largest absolute Gasteiger partial charge is 0.411 e. The Morgan fingerprint density at radius 3 is 2.56 bits per heavy atom. The Hall–Kier alpha value is -0.370. The molecule has 0 aliphatic carbocycles. The van der Waals surface area contributed by atoms with Gasteiger partial charge in [-0.1, -0.05) is 0 Å². The fourth-order valence-corrected chi connectivity index (χ4v) is 1.05. The van der Waals surface area contributed by atoms with E-state index in [1.165, 1.54) is 7.11 Å². The SMILES string of the molecule is COCC(CO)NCCCOCC(F)(F)F. The van der Waals surface area contributed by atoms with E-state index in [1.807, 2.05) is 0 Å². The van der Waals surface area contributed by atoms with Gasteiger partial charge in [0.2, 0.25) is 0 Å². The fraction of sp³-hybridized carbons (Fsp3) is 1.00. The van der Waals surface area contributed by atoms with Crippen LogP contribution in [0.2, 0.25) is 0 Å². The summed E-state index contributed by atoms with van der Waals surface area (Å²) in [5.41, 5.74) is 0. The lowest BCUT2D eigenvalue weighted by Gasteiger charge is -2.15. The molecule has 7 heteroatoms. The van der Waals surface area contributed by atoms with Crippen molar-refractivity contribution in [3.63, 3.8) is 0 Å². The van der Waals surface area contributed by atoms with Crippen LogP contribution in [0.1, 0.15) is 6.42 Å². The second-order valence-corrected chi connectivity index (χ2v) is 3.31. The first kappa shape index (κ1) is 15.6. The molecule has 4 nitrogen and oxygen atoms in total. The van der Waals surface area contributed by atoms with Crippen LogP contribution in [0.15, 0.2) is 0 Å². The maximum Gasteiger partial charge on any atom is 0.411 e. The van der Waals surface area contributed by atoms with Gasteiger partial charge >= 0.3 is 6.18 Å². The van der Waals surface area contributed by atoms with Crippen LogP contribution in [-0.2, 0) is 9.47 Å². The summed E-state index contributed by atoms with van der Waals surface area (Å²) in [6.45, 7) is -0.407. The first-order valence-corrected chi connectivity index (χ1v) is 4.97. The Morgan fingerprint density at radius 2 is 2.06 bits per heavy atom. The minimum atomic E-state index is -4.27. The molecule has 98 valence electrons. The second kappa shape index (κ2) is 8.74. The van der Waals surface area contributed by atoms with Crippen LogP contribution in [0.3, 0.4) is 0 Å². The van der Waals surface area contributed by atoms with E-state index in [0.717, 1.165) is 0 Å². The molecular weight excluding hydrogens is 227 g/mol. The molecule has 0 heterocycles. The molecule has 0 aromatic rings. The van der Waals surface area contributed by atoms with Crippen LogP contribution in [-0.4, -0.2) is 57.4 Å². The van der Waals surface area contributed by atoms with Crippen molar-refractivity contribution in [2.24, 2.45) is 0 Å². The third kappa shape index (κ3) is 10.2. The molecular formula is C9H18F3NO3. The third-order valence-electron chi connectivity index (χ3n) is 1.75. The third-order valence-corrected chi connectivity index (χ3v) is 1.75. The highest BCUT2D eigenvalue weighted by atomic mass is 19.4. The number of hydrogen-bond donors (Lipinski definition) is 2. The summed E-state index contributed by atoms with van der Waals surface area (Å²) in [6, 6.07) is -0.187. The number of aliphatic hydroxyl groups is 1. The number of ether oxygens (including phenoxy) is 2. The van der Waals surface area contributed by atoms with E-state index >= 15 is 0 Å². The van der Waals surface area contributed by atoms with E-state index in [2.05, 4.69) is 10.1 Å². The quantitative estimate of drug-likeness (QED) is 0.583. The fourth-order valence-electron chi connectivity index (χ4n) is 1.05. The highest BCUT2D eigenvalue weighted by molar-refractivity contribution is 4.63. The molecule has 0 rings (SSSR count).